The molecule has 0 spiro atoms. The van der Waals surface area contributed by atoms with Gasteiger partial charge in [0.1, 0.15) is 12.4 Å². The highest BCUT2D eigenvalue weighted by atomic mass is 16.6. The first kappa shape index (κ1) is 10.8. The van der Waals surface area contributed by atoms with Crippen molar-refractivity contribution in [3.8, 4) is 23.0 Å². The van der Waals surface area contributed by atoms with Gasteiger partial charge in [-0.05, 0) is 18.2 Å². The number of ether oxygens (including phenoxy) is 4. The second-order valence-electron chi connectivity index (χ2n) is 6.94. The Labute approximate surface area is 209 Å². The molecule has 172 valence electrons. The number of benzene rings is 2. The minimum atomic E-state index is -3.06. The summed E-state index contributed by atoms with van der Waals surface area (Å²) in [6, 6.07) is 8.13. The highest BCUT2D eigenvalue weighted by Crippen LogP contribution is 2.34. The number of methoxy groups -OCH3 is 2. The fraction of sp³-hybridized carbons (Fsp3) is 0.348. The number of piperazine rings is 1. The molecule has 0 saturated carbocycles. The van der Waals surface area contributed by atoms with Crippen LogP contribution in [0.5, 0.6) is 23.0 Å². The largest absolute Gasteiger partial charge is 0.493 e. The first-order chi connectivity index (χ1) is 21.1. The molecule has 2 aliphatic heterocycles. The Bertz CT molecular complexity index is 1650. The van der Waals surface area contributed by atoms with Crippen molar-refractivity contribution in [1.29, 1.82) is 0 Å². The molecule has 2 aromatic carbocycles. The van der Waals surface area contributed by atoms with Crippen LogP contribution in [0, 0.1) is 0 Å². The SMILES string of the molecule is [2H]N([2H])c1nc(N2CC([2H])([2H])N(C(=O)C3([2H])COc4ccccc4O3)C([2H])([2H])C2)nc2cc(OC([2H])([2H])[2H])c(OC([2H])([2H])[2H])cc12. The van der Waals surface area contributed by atoms with E-state index in [1.54, 1.807) is 18.2 Å². The summed E-state index contributed by atoms with van der Waals surface area (Å²) >= 11 is 0. The van der Waals surface area contributed by atoms with Crippen molar-refractivity contribution in [1.82, 2.24) is 14.9 Å². The molecular weight excluding hydrogens is 426 g/mol. The van der Waals surface area contributed by atoms with E-state index in [-0.39, 0.29) is 33.0 Å². The standard InChI is InChI=1S/C23H25N5O5/c1-30-18-11-14-15(12-19(18)31-2)25-23(26-21(14)24)28-9-7-27(8-10-28)22(29)20-13-32-16-5-3-4-6-17(16)33-20/h3-6,11-12,20H,7-10,13H2,1-2H3,(H2,24,25,26)/i1D3,2D3,7D2,8D2,20D/hD2. The topological polar surface area (TPSA) is 112 Å². The summed E-state index contributed by atoms with van der Waals surface area (Å²) in [6.07, 6.45) is -2.53. The molecule has 10 heteroatoms. The molecule has 1 saturated heterocycles. The number of amides is 1. The van der Waals surface area contributed by atoms with Crippen molar-refractivity contribution in [3.05, 3.63) is 36.4 Å². The molecule has 1 fully saturated rings. The van der Waals surface area contributed by atoms with E-state index in [1.807, 2.05) is 0 Å². The lowest BCUT2D eigenvalue weighted by atomic mass is 10.2. The number of nitrogens with two attached hydrogens (primary N) is 1. The van der Waals surface area contributed by atoms with Crippen LogP contribution in [-0.4, -0.2) is 73.6 Å². The normalized spacial score (nSPS) is 29.4. The number of fused-ring (bicyclic) bond motifs is 2. The average molecular weight is 465 g/mol. The zero-order valence-electron chi connectivity index (χ0n) is 29.9. The molecule has 1 unspecified atom stereocenters. The van der Waals surface area contributed by atoms with Gasteiger partial charge in [-0.25, -0.2) is 4.98 Å². The Kier molecular flexibility index (Phi) is 2.79. The first-order valence-electron chi connectivity index (χ1n) is 16.0. The number of nitrogens with zero attached hydrogens (tertiary/aromatic N) is 4. The fourth-order valence-electron chi connectivity index (χ4n) is 3.31. The molecule has 0 radical (unpaired) electrons. The van der Waals surface area contributed by atoms with Crippen molar-refractivity contribution in [3.63, 3.8) is 0 Å². The molecule has 0 aliphatic carbocycles. The minimum Gasteiger partial charge on any atom is -0.493 e. The Morgan fingerprint density at radius 3 is 2.73 bits per heavy atom. The molecule has 2 aliphatic rings. The van der Waals surface area contributed by atoms with Gasteiger partial charge in [0, 0.05) is 37.5 Å². The van der Waals surface area contributed by atoms with Gasteiger partial charge in [-0.15, -0.1) is 0 Å². The zero-order chi connectivity index (χ0) is 34.0. The quantitative estimate of drug-likeness (QED) is 0.603. The summed E-state index contributed by atoms with van der Waals surface area (Å²) in [7, 11) is -6.11. The van der Waals surface area contributed by atoms with Gasteiger partial charge in [-0.2, -0.15) is 4.98 Å². The molecule has 3 heterocycles. The van der Waals surface area contributed by atoms with Crippen molar-refractivity contribution in [2.75, 3.05) is 57.4 Å². The van der Waals surface area contributed by atoms with Gasteiger partial charge in [0.05, 0.1) is 34.7 Å². The Hall–Kier alpha value is -3.95. The van der Waals surface area contributed by atoms with Gasteiger partial charge < -0.3 is 34.5 Å². The summed E-state index contributed by atoms with van der Waals surface area (Å²) in [5.74, 6) is -3.15. The van der Waals surface area contributed by atoms with E-state index in [1.165, 1.54) is 6.07 Å². The van der Waals surface area contributed by atoms with Gasteiger partial charge in [0.2, 0.25) is 12.0 Å². The molecule has 1 atom stereocenters. The highest BCUT2D eigenvalue weighted by molar-refractivity contribution is 5.91. The van der Waals surface area contributed by atoms with Crippen LogP contribution >= 0.6 is 0 Å². The number of hydrogen-bond donors (Lipinski definition) is 1. The molecule has 1 amide bonds. The number of hydrogen-bond acceptors (Lipinski definition) is 9. The Morgan fingerprint density at radius 1 is 1.21 bits per heavy atom. The van der Waals surface area contributed by atoms with E-state index in [2.05, 4.69) is 9.97 Å². The van der Waals surface area contributed by atoms with E-state index < -0.39 is 82.0 Å². The predicted octanol–water partition coefficient (Wildman–Crippen LogP) is 1.72. The molecule has 10 nitrogen and oxygen atoms in total. The summed E-state index contributed by atoms with van der Waals surface area (Å²) in [6.45, 7) is -7.80. The predicted molar refractivity (Wildman–Crippen MR) is 122 cm³/mol. The van der Waals surface area contributed by atoms with Gasteiger partial charge in [0.15, 0.2) is 25.8 Å². The maximum Gasteiger partial charge on any atom is 0.267 e. The van der Waals surface area contributed by atoms with Crippen LogP contribution in [0.2, 0.25) is 2.82 Å². The van der Waals surface area contributed by atoms with E-state index in [0.717, 1.165) is 17.0 Å². The maximum atomic E-state index is 13.6. The molecular formula is C23H25N5O5. The lowest BCUT2D eigenvalue weighted by Crippen LogP contribution is -2.54. The van der Waals surface area contributed by atoms with Crippen LogP contribution < -0.4 is 29.6 Å². The Balaban J connectivity index is 1.53. The Morgan fingerprint density at radius 2 is 1.97 bits per heavy atom. The number of rotatable bonds is 5. The highest BCUT2D eigenvalue weighted by Gasteiger charge is 2.33. The lowest BCUT2D eigenvalue weighted by molar-refractivity contribution is -0.141. The smallest absolute Gasteiger partial charge is 0.267 e. The van der Waals surface area contributed by atoms with Crippen molar-refractivity contribution < 1.29 is 41.6 Å². The molecule has 0 bridgehead atoms. The third kappa shape index (κ3) is 3.88. The van der Waals surface area contributed by atoms with Crippen LogP contribution in [0.3, 0.4) is 0 Å². The minimum absolute atomic E-state index is 0.0298. The number of aromatic nitrogens is 2. The number of para-hydroxylation sites is 2. The van der Waals surface area contributed by atoms with Crippen molar-refractivity contribution in [2.24, 2.45) is 0 Å². The third-order valence-electron chi connectivity index (χ3n) is 4.95. The number of anilines is 2. The van der Waals surface area contributed by atoms with E-state index in [4.69, 9.17) is 36.8 Å². The van der Waals surface area contributed by atoms with Crippen molar-refractivity contribution >= 4 is 28.6 Å². The van der Waals surface area contributed by atoms with Crippen LogP contribution in [0.25, 0.3) is 10.9 Å². The van der Waals surface area contributed by atoms with Gasteiger partial charge in [-0.3, -0.25) is 4.79 Å². The van der Waals surface area contributed by atoms with E-state index in [0.29, 0.717) is 0 Å². The monoisotopic (exact) mass is 464 g/mol. The average Bonchev–Trinajstić information content (AvgIpc) is 2.89. The summed E-state index contributed by atoms with van der Waals surface area (Å²) in [5.41, 5.74) is -0.167. The summed E-state index contributed by atoms with van der Waals surface area (Å²) in [4.78, 5) is 23.2. The third-order valence-corrected chi connectivity index (χ3v) is 4.95. The molecule has 5 rings (SSSR count). The molecule has 1 aromatic heterocycles. The van der Waals surface area contributed by atoms with Gasteiger partial charge in [0.25, 0.3) is 5.91 Å². The van der Waals surface area contributed by atoms with Crippen LogP contribution in [0.1, 0.15) is 15.1 Å². The van der Waals surface area contributed by atoms with Gasteiger partial charge in [-0.1, -0.05) is 12.1 Å². The summed E-state index contributed by atoms with van der Waals surface area (Å²) in [5, 5.41) is -0.156. The van der Waals surface area contributed by atoms with Crippen molar-refractivity contribution in [2.45, 2.75) is 6.08 Å². The molecule has 3 aromatic rings. The summed E-state index contributed by atoms with van der Waals surface area (Å²) < 4.78 is 124. The maximum absolute atomic E-state index is 13.6. The number of nitrogen functional groups attached to an aromatic ring is 1. The zero-order valence-corrected chi connectivity index (χ0v) is 16.9. The lowest BCUT2D eigenvalue weighted by Gasteiger charge is -2.37. The van der Waals surface area contributed by atoms with Crippen LogP contribution in [-0.2, 0) is 4.79 Å². The second kappa shape index (κ2) is 8.53. The molecule has 2 N–H and O–H groups in total. The van der Waals surface area contributed by atoms with Crippen LogP contribution in [0.15, 0.2) is 36.4 Å². The van der Waals surface area contributed by atoms with E-state index >= 15 is 0 Å². The second-order valence-corrected chi connectivity index (χ2v) is 6.94. The van der Waals surface area contributed by atoms with Crippen LogP contribution in [0.4, 0.5) is 11.8 Å². The number of carbonyl (C=O) groups is 1. The fourth-order valence-corrected chi connectivity index (χ4v) is 3.31. The van der Waals surface area contributed by atoms with Gasteiger partial charge >= 0.3 is 0 Å². The molecule has 33 heavy (non-hydrogen) atoms. The number of carbonyl (C=O) groups excluding carboxylic acids is 1. The van der Waals surface area contributed by atoms with E-state index in [9.17, 15) is 4.79 Å². The first-order valence-corrected chi connectivity index (χ1v) is 9.61.